The number of urea groups is 1. The molecule has 1 atom stereocenters. The van der Waals surface area contributed by atoms with Crippen molar-refractivity contribution >= 4 is 39.2 Å². The van der Waals surface area contributed by atoms with Crippen LogP contribution in [-0.4, -0.2) is 61.8 Å². The molecule has 0 radical (unpaired) electrons. The summed E-state index contributed by atoms with van der Waals surface area (Å²) in [7, 11) is -3.66. The van der Waals surface area contributed by atoms with Gasteiger partial charge in [-0.15, -0.1) is 0 Å². The van der Waals surface area contributed by atoms with Crippen LogP contribution in [0.25, 0.3) is 0 Å². The molecular weight excluding hydrogens is 404 g/mol. The van der Waals surface area contributed by atoms with Crippen molar-refractivity contribution < 1.29 is 18.0 Å². The van der Waals surface area contributed by atoms with Gasteiger partial charge in [-0.25, -0.2) is 13.2 Å². The molecule has 10 heteroatoms. The highest BCUT2D eigenvalue weighted by molar-refractivity contribution is 7.89. The van der Waals surface area contributed by atoms with Crippen LogP contribution in [0.5, 0.6) is 0 Å². The van der Waals surface area contributed by atoms with E-state index in [1.54, 1.807) is 25.7 Å². The summed E-state index contributed by atoms with van der Waals surface area (Å²) in [5.74, 6) is 0.0893. The average molecular weight is 431 g/mol. The lowest BCUT2D eigenvalue weighted by Gasteiger charge is -2.22. The number of nitrogens with one attached hydrogen (secondary N) is 2. The maximum atomic E-state index is 12.7. The first-order valence-corrected chi connectivity index (χ1v) is 11.2. The lowest BCUT2D eigenvalue weighted by Crippen LogP contribution is -2.44. The summed E-state index contributed by atoms with van der Waals surface area (Å²) in [5, 5.41) is 5.57. The van der Waals surface area contributed by atoms with Gasteiger partial charge in [0.25, 0.3) is 0 Å². The summed E-state index contributed by atoms with van der Waals surface area (Å²) in [6, 6.07) is 3.44. The number of carbonyl (C=O) groups is 2. The number of nitrogens with zero attached hydrogens (tertiary/aromatic N) is 2. The number of hydrogen-bond donors (Lipinski definition) is 2. The highest BCUT2D eigenvalue weighted by Gasteiger charge is 2.24. The second kappa shape index (κ2) is 9.58. The van der Waals surface area contributed by atoms with Gasteiger partial charge in [0.15, 0.2) is 0 Å². The molecule has 0 aromatic heterocycles. The number of anilines is 1. The Kier molecular flexibility index (Phi) is 7.68. The molecule has 1 unspecified atom stereocenters. The summed E-state index contributed by atoms with van der Waals surface area (Å²) in [5.41, 5.74) is 0.205. The second-order valence-corrected chi connectivity index (χ2v) is 9.02. The van der Waals surface area contributed by atoms with Crippen LogP contribution in [-0.2, 0) is 14.8 Å². The lowest BCUT2D eigenvalue weighted by atomic mass is 10.3. The molecule has 0 saturated carbocycles. The molecule has 1 heterocycles. The van der Waals surface area contributed by atoms with E-state index < -0.39 is 16.1 Å². The quantitative estimate of drug-likeness (QED) is 0.661. The lowest BCUT2D eigenvalue weighted by molar-refractivity contribution is -0.127. The summed E-state index contributed by atoms with van der Waals surface area (Å²) < 4.78 is 26.7. The number of benzene rings is 1. The summed E-state index contributed by atoms with van der Waals surface area (Å²) in [4.78, 5) is 25.8. The summed E-state index contributed by atoms with van der Waals surface area (Å²) in [6.45, 7) is 7.13. The molecule has 1 fully saturated rings. The third-order valence-corrected chi connectivity index (χ3v) is 6.95. The van der Waals surface area contributed by atoms with Crippen LogP contribution in [0.4, 0.5) is 10.5 Å². The molecule has 0 aliphatic carbocycles. The van der Waals surface area contributed by atoms with Crippen LogP contribution in [0.1, 0.15) is 33.6 Å². The van der Waals surface area contributed by atoms with Crippen LogP contribution >= 0.6 is 11.6 Å². The van der Waals surface area contributed by atoms with E-state index in [2.05, 4.69) is 10.6 Å². The monoisotopic (exact) mass is 430 g/mol. The van der Waals surface area contributed by atoms with Crippen LogP contribution in [0.2, 0.25) is 5.02 Å². The summed E-state index contributed by atoms with van der Waals surface area (Å²) >= 11 is 6.13. The van der Waals surface area contributed by atoms with Crippen LogP contribution in [0.15, 0.2) is 23.1 Å². The Hall–Kier alpha value is -1.84. The minimum absolute atomic E-state index is 0.0617. The van der Waals surface area contributed by atoms with Crippen molar-refractivity contribution in [3.8, 4) is 0 Å². The predicted octanol–water partition coefficient (Wildman–Crippen LogP) is 2.50. The zero-order valence-corrected chi connectivity index (χ0v) is 17.9. The van der Waals surface area contributed by atoms with E-state index in [-0.39, 0.29) is 27.6 Å². The van der Waals surface area contributed by atoms with Crippen molar-refractivity contribution in [2.24, 2.45) is 0 Å². The van der Waals surface area contributed by atoms with Crippen molar-refractivity contribution in [1.29, 1.82) is 0 Å². The molecular formula is C18H27ClN4O4S. The molecule has 1 aliphatic rings. The highest BCUT2D eigenvalue weighted by atomic mass is 35.5. The topological polar surface area (TPSA) is 98.8 Å². The highest BCUT2D eigenvalue weighted by Crippen LogP contribution is 2.27. The Labute approximate surface area is 171 Å². The largest absolute Gasteiger partial charge is 0.341 e. The number of carbonyl (C=O) groups excluding carboxylic acids is 2. The van der Waals surface area contributed by atoms with Gasteiger partial charge >= 0.3 is 6.03 Å². The molecule has 1 saturated heterocycles. The SMILES string of the molecule is CCN(CC)S(=O)(=O)c1ccc(Cl)c(NC(=O)NC(C)CN2CCCC2=O)c1. The average Bonchev–Trinajstić information content (AvgIpc) is 3.02. The van der Waals surface area contributed by atoms with Gasteiger partial charge in [-0.3, -0.25) is 4.79 Å². The van der Waals surface area contributed by atoms with Gasteiger partial charge < -0.3 is 15.5 Å². The number of rotatable bonds is 8. The third-order valence-electron chi connectivity index (χ3n) is 4.57. The fourth-order valence-corrected chi connectivity index (χ4v) is 4.78. The van der Waals surface area contributed by atoms with Gasteiger partial charge in [0.2, 0.25) is 15.9 Å². The molecule has 0 spiro atoms. The maximum Gasteiger partial charge on any atom is 0.319 e. The van der Waals surface area contributed by atoms with Crippen LogP contribution in [0.3, 0.4) is 0 Å². The van der Waals surface area contributed by atoms with Crippen molar-refractivity contribution in [2.75, 3.05) is 31.5 Å². The fourth-order valence-electron chi connectivity index (χ4n) is 3.13. The van der Waals surface area contributed by atoms with E-state index in [0.29, 0.717) is 32.6 Å². The molecule has 1 aromatic rings. The maximum absolute atomic E-state index is 12.7. The van der Waals surface area contributed by atoms with E-state index in [1.165, 1.54) is 22.5 Å². The minimum Gasteiger partial charge on any atom is -0.341 e. The standard InChI is InChI=1S/C18H27ClN4O4S/c1-4-23(5-2)28(26,27)14-8-9-15(19)16(11-14)21-18(25)20-13(3)12-22-10-6-7-17(22)24/h8-9,11,13H,4-7,10,12H2,1-3H3,(H2,20,21,25). The molecule has 156 valence electrons. The molecule has 2 N–H and O–H groups in total. The van der Waals surface area contributed by atoms with Crippen LogP contribution in [0, 0.1) is 0 Å². The first-order chi connectivity index (χ1) is 13.2. The van der Waals surface area contributed by atoms with Gasteiger partial charge in [0.05, 0.1) is 15.6 Å². The van der Waals surface area contributed by atoms with E-state index in [9.17, 15) is 18.0 Å². The van der Waals surface area contributed by atoms with E-state index >= 15 is 0 Å². The summed E-state index contributed by atoms with van der Waals surface area (Å²) in [6.07, 6.45) is 1.38. The van der Waals surface area contributed by atoms with Crippen molar-refractivity contribution in [3.05, 3.63) is 23.2 Å². The third kappa shape index (κ3) is 5.36. The van der Waals surface area contributed by atoms with Crippen molar-refractivity contribution in [1.82, 2.24) is 14.5 Å². The van der Waals surface area contributed by atoms with Crippen molar-refractivity contribution in [2.45, 2.75) is 44.6 Å². The normalized spacial score (nSPS) is 15.8. The fraction of sp³-hybridized carbons (Fsp3) is 0.556. The molecule has 3 amide bonds. The zero-order chi connectivity index (χ0) is 20.9. The number of sulfonamides is 1. The Morgan fingerprint density at radius 1 is 1.32 bits per heavy atom. The first kappa shape index (κ1) is 22.4. The van der Waals surface area contributed by atoms with Gasteiger partial charge in [0.1, 0.15) is 0 Å². The van der Waals surface area contributed by atoms with Gasteiger partial charge in [0, 0.05) is 38.6 Å². The molecule has 8 nitrogen and oxygen atoms in total. The smallest absolute Gasteiger partial charge is 0.319 e. The van der Waals surface area contributed by atoms with E-state index in [4.69, 9.17) is 11.6 Å². The Balaban J connectivity index is 2.06. The number of halogens is 1. The Morgan fingerprint density at radius 3 is 2.57 bits per heavy atom. The molecule has 28 heavy (non-hydrogen) atoms. The molecule has 1 aromatic carbocycles. The molecule has 0 bridgehead atoms. The number of amides is 3. The van der Waals surface area contributed by atoms with E-state index in [1.807, 2.05) is 0 Å². The Morgan fingerprint density at radius 2 is 2.00 bits per heavy atom. The first-order valence-electron chi connectivity index (χ1n) is 9.34. The zero-order valence-electron chi connectivity index (χ0n) is 16.4. The second-order valence-electron chi connectivity index (χ2n) is 6.67. The molecule has 1 aliphatic heterocycles. The number of likely N-dealkylation sites (tertiary alicyclic amines) is 1. The van der Waals surface area contributed by atoms with Gasteiger partial charge in [-0.05, 0) is 31.5 Å². The number of hydrogen-bond acceptors (Lipinski definition) is 4. The minimum atomic E-state index is -3.66. The predicted molar refractivity (Wildman–Crippen MR) is 109 cm³/mol. The van der Waals surface area contributed by atoms with Gasteiger partial charge in [-0.1, -0.05) is 25.4 Å². The Bertz CT molecular complexity index is 827. The van der Waals surface area contributed by atoms with Crippen molar-refractivity contribution in [3.63, 3.8) is 0 Å². The van der Waals surface area contributed by atoms with E-state index in [0.717, 1.165) is 6.42 Å². The van der Waals surface area contributed by atoms with Crippen LogP contribution < -0.4 is 10.6 Å². The molecule has 2 rings (SSSR count). The van der Waals surface area contributed by atoms with Gasteiger partial charge in [-0.2, -0.15) is 4.31 Å².